The number of carbonyl (C=O) groups is 3. The molecule has 3 atom stereocenters. The summed E-state index contributed by atoms with van der Waals surface area (Å²) in [7, 11) is 0. The summed E-state index contributed by atoms with van der Waals surface area (Å²) in [6.07, 6.45) is 10.0. The molecule has 2 aliphatic carbocycles. The fourth-order valence-corrected chi connectivity index (χ4v) is 4.55. The molecule has 1 unspecified atom stereocenters. The van der Waals surface area contributed by atoms with E-state index in [1.807, 2.05) is 37.3 Å². The lowest BCUT2D eigenvalue weighted by molar-refractivity contribution is -0.128. The van der Waals surface area contributed by atoms with E-state index in [9.17, 15) is 14.4 Å². The second kappa shape index (κ2) is 10.2. The first kappa shape index (κ1) is 23.6. The molecule has 0 bridgehead atoms. The molecule has 2 aliphatic rings. The Bertz CT molecular complexity index is 1200. The second-order valence-electron chi connectivity index (χ2n) is 8.81. The van der Waals surface area contributed by atoms with E-state index in [4.69, 9.17) is 11.6 Å². The quantitative estimate of drug-likeness (QED) is 0.569. The highest BCUT2D eigenvalue weighted by Crippen LogP contribution is 2.37. The van der Waals surface area contributed by atoms with E-state index < -0.39 is 11.8 Å². The van der Waals surface area contributed by atoms with Gasteiger partial charge in [-0.05, 0) is 55.2 Å². The molecule has 1 saturated carbocycles. The van der Waals surface area contributed by atoms with Crippen molar-refractivity contribution in [2.24, 2.45) is 11.8 Å². The highest BCUT2D eigenvalue weighted by atomic mass is 35.5. The number of aryl methyl sites for hydroxylation is 1. The van der Waals surface area contributed by atoms with Gasteiger partial charge in [0.05, 0.1) is 16.9 Å². The number of ketones is 1. The molecule has 2 amide bonds. The minimum Gasteiger partial charge on any atom is -0.326 e. The van der Waals surface area contributed by atoms with Gasteiger partial charge in [0, 0.05) is 24.2 Å². The Morgan fingerprint density at radius 3 is 2.44 bits per heavy atom. The summed E-state index contributed by atoms with van der Waals surface area (Å²) in [5, 5.41) is 6.24. The lowest BCUT2D eigenvalue weighted by atomic mass is 9.92. The molecule has 1 aromatic carbocycles. The summed E-state index contributed by atoms with van der Waals surface area (Å²) < 4.78 is 0. The number of halogens is 1. The van der Waals surface area contributed by atoms with Crippen LogP contribution in [-0.2, 0) is 14.4 Å². The van der Waals surface area contributed by atoms with Crippen molar-refractivity contribution in [2.75, 3.05) is 10.6 Å². The summed E-state index contributed by atoms with van der Waals surface area (Å²) in [5.74, 6) is -1.06. The number of nitrogens with one attached hydrogen (secondary N) is 2. The largest absolute Gasteiger partial charge is 0.326 e. The minimum absolute atomic E-state index is 0.00124. The first-order valence-corrected chi connectivity index (χ1v) is 11.6. The fraction of sp³-hybridized carbons (Fsp3) is 0.259. The molecular formula is C27H26ClN3O3. The maximum atomic E-state index is 13.2. The smallest absolute Gasteiger partial charge is 0.229 e. The van der Waals surface area contributed by atoms with Gasteiger partial charge >= 0.3 is 0 Å². The van der Waals surface area contributed by atoms with Crippen molar-refractivity contribution in [1.82, 2.24) is 4.98 Å². The number of nitrogens with zero attached hydrogens (tertiary/aromatic N) is 1. The summed E-state index contributed by atoms with van der Waals surface area (Å²) >= 11 is 5.86. The van der Waals surface area contributed by atoms with Crippen molar-refractivity contribution in [3.8, 4) is 0 Å². The van der Waals surface area contributed by atoms with Crippen molar-refractivity contribution in [1.29, 1.82) is 0 Å². The van der Waals surface area contributed by atoms with Crippen LogP contribution in [-0.4, -0.2) is 22.6 Å². The van der Waals surface area contributed by atoms with Gasteiger partial charge in [-0.25, -0.2) is 4.98 Å². The van der Waals surface area contributed by atoms with Gasteiger partial charge in [-0.3, -0.25) is 14.4 Å². The van der Waals surface area contributed by atoms with Gasteiger partial charge in [-0.2, -0.15) is 0 Å². The van der Waals surface area contributed by atoms with E-state index in [2.05, 4.69) is 22.2 Å². The first-order chi connectivity index (χ1) is 16.3. The number of benzene rings is 1. The summed E-state index contributed by atoms with van der Waals surface area (Å²) in [4.78, 5) is 42.1. The van der Waals surface area contributed by atoms with Crippen LogP contribution in [0.25, 0.3) is 0 Å². The van der Waals surface area contributed by atoms with Crippen LogP contribution in [0, 0.1) is 18.8 Å². The van der Waals surface area contributed by atoms with E-state index in [0.717, 1.165) is 16.7 Å². The number of anilines is 2. The number of carbonyl (C=O) groups excluding carboxylic acids is 3. The summed E-state index contributed by atoms with van der Waals surface area (Å²) in [5.41, 5.74) is 3.47. The number of hydrogen-bond donors (Lipinski definition) is 2. The van der Waals surface area contributed by atoms with Crippen molar-refractivity contribution in [3.05, 3.63) is 89.1 Å². The number of aromatic nitrogens is 1. The maximum absolute atomic E-state index is 13.2. The van der Waals surface area contributed by atoms with Crippen LogP contribution < -0.4 is 10.6 Å². The molecule has 2 N–H and O–H groups in total. The van der Waals surface area contributed by atoms with Gasteiger partial charge in [-0.1, -0.05) is 54.1 Å². The maximum Gasteiger partial charge on any atom is 0.229 e. The SMILES string of the molecule is C=C1C[C@H](C(=O)Nc2ccc(Cl)cn2)[C@@H](C(=O)Nc2ccc(C3C=CC=CC(=O)C3)cc2C)C1. The van der Waals surface area contributed by atoms with E-state index in [1.54, 1.807) is 24.3 Å². The Morgan fingerprint density at radius 2 is 1.76 bits per heavy atom. The van der Waals surface area contributed by atoms with Crippen LogP contribution in [0.5, 0.6) is 0 Å². The Balaban J connectivity index is 1.45. The van der Waals surface area contributed by atoms with Gasteiger partial charge < -0.3 is 10.6 Å². The summed E-state index contributed by atoms with van der Waals surface area (Å²) in [6, 6.07) is 9.05. The van der Waals surface area contributed by atoms with Crippen molar-refractivity contribution < 1.29 is 14.4 Å². The number of amides is 2. The van der Waals surface area contributed by atoms with E-state index in [-0.39, 0.29) is 23.5 Å². The van der Waals surface area contributed by atoms with Gasteiger partial charge in [0.2, 0.25) is 11.8 Å². The molecule has 6 nitrogen and oxygen atoms in total. The molecule has 7 heteroatoms. The zero-order valence-corrected chi connectivity index (χ0v) is 19.6. The van der Waals surface area contributed by atoms with E-state index >= 15 is 0 Å². The van der Waals surface area contributed by atoms with Crippen LogP contribution in [0.4, 0.5) is 11.5 Å². The number of pyridine rings is 1. The Morgan fingerprint density at radius 1 is 1.03 bits per heavy atom. The molecule has 1 heterocycles. The molecule has 0 aliphatic heterocycles. The van der Waals surface area contributed by atoms with E-state index in [0.29, 0.717) is 35.8 Å². The number of rotatable bonds is 5. The second-order valence-corrected chi connectivity index (χ2v) is 9.24. The monoisotopic (exact) mass is 475 g/mol. The van der Waals surface area contributed by atoms with Crippen LogP contribution in [0.1, 0.15) is 36.3 Å². The predicted octanol–water partition coefficient (Wildman–Crippen LogP) is 5.37. The molecular weight excluding hydrogens is 450 g/mol. The van der Waals surface area contributed by atoms with Crippen LogP contribution in [0.15, 0.2) is 73.0 Å². The van der Waals surface area contributed by atoms with Crippen molar-refractivity contribution in [3.63, 3.8) is 0 Å². The lowest BCUT2D eigenvalue weighted by Gasteiger charge is -2.20. The van der Waals surface area contributed by atoms with E-state index in [1.165, 1.54) is 6.20 Å². The zero-order chi connectivity index (χ0) is 24.2. The van der Waals surface area contributed by atoms with Crippen molar-refractivity contribution in [2.45, 2.75) is 32.1 Å². The standard InChI is InChI=1S/C27H26ClN3O3/c1-16-11-22(23(12-16)27(34)31-25-10-8-20(28)15-29-25)26(33)30-24-9-7-19(13-17(24)2)18-5-3-4-6-21(32)14-18/h3-10,13,15,18,22-23H,1,11-12,14H2,2H3,(H,30,33)(H,29,31,34)/t18?,22-,23-/m0/s1. The third-order valence-electron chi connectivity index (χ3n) is 6.25. The normalized spacial score (nSPS) is 21.9. The molecule has 0 saturated heterocycles. The first-order valence-electron chi connectivity index (χ1n) is 11.2. The highest BCUT2D eigenvalue weighted by molar-refractivity contribution is 6.30. The molecule has 174 valence electrons. The average molecular weight is 476 g/mol. The third-order valence-corrected chi connectivity index (χ3v) is 6.47. The molecule has 1 fully saturated rings. The van der Waals surface area contributed by atoms with Crippen molar-refractivity contribution >= 4 is 40.7 Å². The molecule has 1 aromatic heterocycles. The topological polar surface area (TPSA) is 88.2 Å². The predicted molar refractivity (Wildman–Crippen MR) is 134 cm³/mol. The minimum atomic E-state index is -0.529. The lowest BCUT2D eigenvalue weighted by Crippen LogP contribution is -2.33. The zero-order valence-electron chi connectivity index (χ0n) is 18.9. The Labute approximate surface area is 203 Å². The number of allylic oxidation sites excluding steroid dienone is 5. The molecule has 34 heavy (non-hydrogen) atoms. The molecule has 2 aromatic rings. The number of hydrogen-bond acceptors (Lipinski definition) is 4. The van der Waals surface area contributed by atoms with Gasteiger partial charge in [0.25, 0.3) is 0 Å². The van der Waals surface area contributed by atoms with Crippen LogP contribution in [0.3, 0.4) is 0 Å². The van der Waals surface area contributed by atoms with Crippen LogP contribution >= 0.6 is 11.6 Å². The third kappa shape index (κ3) is 5.51. The molecule has 0 radical (unpaired) electrons. The molecule has 4 rings (SSSR count). The Kier molecular flexibility index (Phi) is 7.08. The average Bonchev–Trinajstić information content (AvgIpc) is 3.07. The van der Waals surface area contributed by atoms with Gasteiger partial charge in [0.1, 0.15) is 5.82 Å². The fourth-order valence-electron chi connectivity index (χ4n) is 4.44. The molecule has 0 spiro atoms. The summed E-state index contributed by atoms with van der Waals surface area (Å²) in [6.45, 7) is 5.93. The van der Waals surface area contributed by atoms with Gasteiger partial charge in [0.15, 0.2) is 5.78 Å². The van der Waals surface area contributed by atoms with Gasteiger partial charge in [-0.15, -0.1) is 0 Å². The Hall–Kier alpha value is -3.51. The van der Waals surface area contributed by atoms with Crippen LogP contribution in [0.2, 0.25) is 5.02 Å². The highest BCUT2D eigenvalue weighted by Gasteiger charge is 2.39.